The molecule has 236 valence electrons. The van der Waals surface area contributed by atoms with Crippen molar-refractivity contribution in [3.63, 3.8) is 0 Å². The van der Waals surface area contributed by atoms with Crippen LogP contribution in [0.5, 0.6) is 0 Å². The lowest BCUT2D eigenvalue weighted by atomic mass is 9.95. The maximum atomic E-state index is 4.19. The Morgan fingerprint density at radius 3 is 1.93 bits per heavy atom. The first-order valence-electron chi connectivity index (χ1n) is 15.8. The van der Waals surface area contributed by atoms with Crippen LogP contribution in [0.15, 0.2) is 139 Å². The van der Waals surface area contributed by atoms with E-state index in [1.54, 1.807) is 6.08 Å². The second-order valence-corrected chi connectivity index (χ2v) is 10.7. The van der Waals surface area contributed by atoms with Gasteiger partial charge in [-0.05, 0) is 78.3 Å². The van der Waals surface area contributed by atoms with Gasteiger partial charge in [0.1, 0.15) is 0 Å². The second kappa shape index (κ2) is 23.3. The predicted octanol–water partition coefficient (Wildman–Crippen LogP) is 10.1. The number of rotatable bonds is 21. The molecule has 43 heavy (non-hydrogen) atoms. The van der Waals surface area contributed by atoms with E-state index in [1.807, 2.05) is 37.3 Å². The minimum Gasteiger partial charge on any atom is -0.282 e. The minimum atomic E-state index is 0.0202. The fraction of sp³-hybridized carbons (Fsp3) is 0.425. The van der Waals surface area contributed by atoms with E-state index in [1.165, 1.54) is 16.7 Å². The van der Waals surface area contributed by atoms with E-state index in [0.29, 0.717) is 0 Å². The highest BCUT2D eigenvalue weighted by molar-refractivity contribution is 5.41. The van der Waals surface area contributed by atoms with Crippen molar-refractivity contribution in [1.82, 2.24) is 14.7 Å². The zero-order chi connectivity index (χ0) is 32.8. The van der Waals surface area contributed by atoms with Gasteiger partial charge < -0.3 is 0 Å². The van der Waals surface area contributed by atoms with E-state index in [0.717, 1.165) is 43.9 Å². The van der Waals surface area contributed by atoms with Crippen LogP contribution >= 0.6 is 0 Å². The highest BCUT2D eigenvalue weighted by atomic mass is 15.4. The molecule has 0 N–H and O–H groups in total. The van der Waals surface area contributed by atoms with Gasteiger partial charge in [-0.1, -0.05) is 131 Å². The van der Waals surface area contributed by atoms with Gasteiger partial charge in [-0.25, -0.2) is 0 Å². The monoisotopic (exact) mass is 583 g/mol. The summed E-state index contributed by atoms with van der Waals surface area (Å²) in [5, 5.41) is 0. The zero-order valence-electron chi connectivity index (χ0n) is 28.9. The average molecular weight is 584 g/mol. The molecule has 0 rings (SSSR count). The summed E-state index contributed by atoms with van der Waals surface area (Å²) in [6, 6.07) is 0.314. The molecule has 0 aliphatic rings. The van der Waals surface area contributed by atoms with Crippen molar-refractivity contribution in [2.45, 2.75) is 86.4 Å². The molecule has 0 bridgehead atoms. The van der Waals surface area contributed by atoms with Gasteiger partial charge in [0.25, 0.3) is 0 Å². The van der Waals surface area contributed by atoms with Crippen molar-refractivity contribution in [3.8, 4) is 0 Å². The van der Waals surface area contributed by atoms with E-state index in [-0.39, 0.29) is 18.1 Å². The van der Waals surface area contributed by atoms with Crippen LogP contribution in [-0.4, -0.2) is 59.8 Å². The molecule has 0 heterocycles. The topological polar surface area (TPSA) is 9.72 Å². The Labute approximate surface area is 266 Å². The molecule has 0 saturated carbocycles. The molecule has 0 spiro atoms. The summed E-state index contributed by atoms with van der Waals surface area (Å²) in [4.78, 5) is 7.53. The van der Waals surface area contributed by atoms with E-state index in [2.05, 4.69) is 145 Å². The van der Waals surface area contributed by atoms with Crippen LogP contribution in [0.3, 0.4) is 0 Å². The normalized spacial score (nSPS) is 15.6. The summed E-state index contributed by atoms with van der Waals surface area (Å²) in [6.07, 6.45) is 28.7. The van der Waals surface area contributed by atoms with E-state index in [4.69, 9.17) is 0 Å². The summed E-state index contributed by atoms with van der Waals surface area (Å²) < 4.78 is 0. The lowest BCUT2D eigenvalue weighted by molar-refractivity contribution is 0.0511. The van der Waals surface area contributed by atoms with Crippen LogP contribution in [-0.2, 0) is 0 Å². The number of likely N-dealkylation sites (N-methyl/N-ethyl adjacent to an activating group) is 2. The molecule has 0 amide bonds. The molecule has 0 aromatic carbocycles. The Hall–Kier alpha value is -3.20. The molecule has 3 unspecified atom stereocenters. The van der Waals surface area contributed by atoms with Gasteiger partial charge in [-0.3, -0.25) is 14.7 Å². The fourth-order valence-electron chi connectivity index (χ4n) is 5.31. The Morgan fingerprint density at radius 1 is 0.791 bits per heavy atom. The van der Waals surface area contributed by atoms with E-state index < -0.39 is 0 Å². The van der Waals surface area contributed by atoms with Crippen LogP contribution < -0.4 is 0 Å². The van der Waals surface area contributed by atoms with Crippen molar-refractivity contribution < 1.29 is 0 Å². The first-order valence-corrected chi connectivity index (χ1v) is 15.8. The number of hydrogen-bond acceptors (Lipinski definition) is 3. The molecule has 0 aromatic heterocycles. The van der Waals surface area contributed by atoms with Gasteiger partial charge in [0.05, 0.1) is 25.4 Å². The molecular weight excluding hydrogens is 522 g/mol. The third-order valence-corrected chi connectivity index (χ3v) is 7.66. The van der Waals surface area contributed by atoms with Gasteiger partial charge in [0, 0.05) is 11.6 Å². The van der Waals surface area contributed by atoms with Crippen molar-refractivity contribution >= 4 is 0 Å². The quantitative estimate of drug-likeness (QED) is 0.0576. The maximum absolute atomic E-state index is 4.19. The molecule has 3 heteroatoms. The summed E-state index contributed by atoms with van der Waals surface area (Å²) in [5.74, 6) is 0. The number of hydrogen-bond donors (Lipinski definition) is 0. The molecule has 3 nitrogen and oxygen atoms in total. The Bertz CT molecular complexity index is 1130. The highest BCUT2D eigenvalue weighted by Crippen LogP contribution is 2.25. The predicted molar refractivity (Wildman–Crippen MR) is 195 cm³/mol. The van der Waals surface area contributed by atoms with E-state index in [9.17, 15) is 0 Å². The lowest BCUT2D eigenvalue weighted by Gasteiger charge is -2.42. The highest BCUT2D eigenvalue weighted by Gasteiger charge is 2.29. The molecule has 0 saturated heterocycles. The summed E-state index contributed by atoms with van der Waals surface area (Å²) >= 11 is 0. The van der Waals surface area contributed by atoms with Crippen LogP contribution in [0, 0.1) is 0 Å². The van der Waals surface area contributed by atoms with E-state index >= 15 is 0 Å². The molecule has 0 radical (unpaired) electrons. The summed E-state index contributed by atoms with van der Waals surface area (Å²) in [7, 11) is 2.21. The SMILES string of the molecule is C=CC=C=C(C=C)C(/C(C)=C/CC)N(CC)CN(CN(C)C(/C(C=C)=C/C=C\C)C(/C=C\C=C)=C/C)C(C)/C(C)=C/CC. The molecule has 0 aromatic rings. The Kier molecular flexibility index (Phi) is 21.5. The van der Waals surface area contributed by atoms with Crippen molar-refractivity contribution in [2.75, 3.05) is 26.9 Å². The van der Waals surface area contributed by atoms with Gasteiger partial charge in [0.2, 0.25) is 0 Å². The summed E-state index contributed by atoms with van der Waals surface area (Å²) in [5.41, 5.74) is 9.52. The second-order valence-electron chi connectivity index (χ2n) is 10.7. The van der Waals surface area contributed by atoms with Crippen LogP contribution in [0.2, 0.25) is 0 Å². The zero-order valence-corrected chi connectivity index (χ0v) is 28.9. The number of nitrogens with zero attached hydrogens (tertiary/aromatic N) is 3. The van der Waals surface area contributed by atoms with Crippen LogP contribution in [0.25, 0.3) is 0 Å². The standard InChI is InChI=1S/C40H61N3/c1-14-23-28-36(19-6)39(34(11)27-18-5)42(22-9)32-43(35(12)33(10)26-17-4)31-41(13)40(37(20-7)29-24-15-2)38(21-8)30-25-16-3/h14-16,19-21,23-27,29-30,35,39-40H,1-2,6,8,17-18,22,31-32H2,3-5,7,9-13H3/b25-16-,29-24-,33-26+,34-27+,37-20+,38-30+. The van der Waals surface area contributed by atoms with Crippen LogP contribution in [0.4, 0.5) is 0 Å². The van der Waals surface area contributed by atoms with Crippen molar-refractivity contribution in [1.29, 1.82) is 0 Å². The first-order chi connectivity index (χ1) is 20.6. The third kappa shape index (κ3) is 13.3. The van der Waals surface area contributed by atoms with Gasteiger partial charge in [-0.15, -0.1) is 5.73 Å². The minimum absolute atomic E-state index is 0.0202. The average Bonchev–Trinajstić information content (AvgIpc) is 3.00. The van der Waals surface area contributed by atoms with Crippen molar-refractivity contribution in [2.24, 2.45) is 0 Å². The third-order valence-electron chi connectivity index (χ3n) is 7.66. The Balaban J connectivity index is 7.12. The number of allylic oxidation sites excluding steroid dienone is 9. The largest absolute Gasteiger partial charge is 0.282 e. The molecule has 3 atom stereocenters. The van der Waals surface area contributed by atoms with Gasteiger partial charge >= 0.3 is 0 Å². The van der Waals surface area contributed by atoms with Crippen molar-refractivity contribution in [3.05, 3.63) is 139 Å². The lowest BCUT2D eigenvalue weighted by Crippen LogP contribution is -2.52. The van der Waals surface area contributed by atoms with Gasteiger partial charge in [-0.2, -0.15) is 0 Å². The molecule has 0 aliphatic heterocycles. The summed E-state index contributed by atoms with van der Waals surface area (Å²) in [6.45, 7) is 36.1. The molecule has 0 fully saturated rings. The maximum Gasteiger partial charge on any atom is 0.0642 e. The van der Waals surface area contributed by atoms with Gasteiger partial charge in [0.15, 0.2) is 0 Å². The molecular formula is C40H61N3. The first kappa shape index (κ1) is 39.8. The van der Waals surface area contributed by atoms with Crippen LogP contribution in [0.1, 0.15) is 68.2 Å². The fourth-order valence-corrected chi connectivity index (χ4v) is 5.31. The Morgan fingerprint density at radius 2 is 1.44 bits per heavy atom. The molecule has 0 aliphatic carbocycles. The smallest absolute Gasteiger partial charge is 0.0642 e.